The maximum atomic E-state index is 12.3. The van der Waals surface area contributed by atoms with Gasteiger partial charge in [0.1, 0.15) is 0 Å². The van der Waals surface area contributed by atoms with Gasteiger partial charge in [0.05, 0.1) is 23.8 Å². The number of para-hydroxylation sites is 2. The van der Waals surface area contributed by atoms with Crippen molar-refractivity contribution in [3.05, 3.63) is 101 Å². The molecule has 0 saturated heterocycles. The minimum atomic E-state index is 0.0385. The standard InChI is InChI=1S/C24H23N3O/c1-18-6-4-7-19(12-18)14-24(28)25-15-20-8-5-9-21(13-20)16-27-17-26-22-10-2-3-11-23(22)27/h2-13,17H,14-16H2,1H3,(H,25,28). The molecule has 4 heteroatoms. The Kier molecular flexibility index (Phi) is 5.20. The highest BCUT2D eigenvalue weighted by atomic mass is 16.1. The number of hydrogen-bond acceptors (Lipinski definition) is 2. The average Bonchev–Trinajstić information content (AvgIpc) is 3.10. The van der Waals surface area contributed by atoms with Crippen molar-refractivity contribution in [3.8, 4) is 0 Å². The molecule has 0 atom stereocenters. The van der Waals surface area contributed by atoms with Gasteiger partial charge in [-0.05, 0) is 35.7 Å². The Morgan fingerprint density at radius 1 is 0.929 bits per heavy atom. The second-order valence-corrected chi connectivity index (χ2v) is 7.12. The SMILES string of the molecule is Cc1cccc(CC(=O)NCc2cccc(Cn3cnc4ccccc43)c2)c1. The molecule has 0 radical (unpaired) electrons. The van der Waals surface area contributed by atoms with E-state index in [0.717, 1.165) is 28.7 Å². The molecule has 4 aromatic rings. The Hall–Kier alpha value is -3.40. The first kappa shape index (κ1) is 18.0. The Morgan fingerprint density at radius 2 is 1.71 bits per heavy atom. The van der Waals surface area contributed by atoms with Crippen LogP contribution in [0.2, 0.25) is 0 Å². The molecular weight excluding hydrogens is 346 g/mol. The predicted molar refractivity (Wildman–Crippen MR) is 112 cm³/mol. The van der Waals surface area contributed by atoms with Crippen LogP contribution in [0.1, 0.15) is 22.3 Å². The minimum absolute atomic E-state index is 0.0385. The van der Waals surface area contributed by atoms with E-state index in [1.54, 1.807) is 0 Å². The molecule has 0 fully saturated rings. The van der Waals surface area contributed by atoms with Crippen molar-refractivity contribution in [2.45, 2.75) is 26.4 Å². The number of hydrogen-bond donors (Lipinski definition) is 1. The van der Waals surface area contributed by atoms with Crippen molar-refractivity contribution in [2.75, 3.05) is 0 Å². The predicted octanol–water partition coefficient (Wildman–Crippen LogP) is 4.25. The summed E-state index contributed by atoms with van der Waals surface area (Å²) in [6, 6.07) is 24.5. The summed E-state index contributed by atoms with van der Waals surface area (Å²) >= 11 is 0. The second-order valence-electron chi connectivity index (χ2n) is 7.12. The second kappa shape index (κ2) is 8.09. The zero-order chi connectivity index (χ0) is 19.3. The van der Waals surface area contributed by atoms with E-state index in [-0.39, 0.29) is 5.91 Å². The van der Waals surface area contributed by atoms with Crippen molar-refractivity contribution < 1.29 is 4.79 Å². The lowest BCUT2D eigenvalue weighted by Gasteiger charge is -2.09. The largest absolute Gasteiger partial charge is 0.352 e. The van der Waals surface area contributed by atoms with Crippen molar-refractivity contribution in [3.63, 3.8) is 0 Å². The smallest absolute Gasteiger partial charge is 0.224 e. The van der Waals surface area contributed by atoms with Gasteiger partial charge in [-0.2, -0.15) is 0 Å². The molecule has 0 aliphatic rings. The molecule has 1 N–H and O–H groups in total. The lowest BCUT2D eigenvalue weighted by atomic mass is 10.1. The van der Waals surface area contributed by atoms with Crippen LogP contribution in [0.4, 0.5) is 0 Å². The van der Waals surface area contributed by atoms with Crippen LogP contribution in [0.25, 0.3) is 11.0 Å². The van der Waals surface area contributed by atoms with Gasteiger partial charge in [0, 0.05) is 13.1 Å². The van der Waals surface area contributed by atoms with E-state index in [4.69, 9.17) is 0 Å². The molecule has 0 bridgehead atoms. The Morgan fingerprint density at radius 3 is 2.61 bits per heavy atom. The van der Waals surface area contributed by atoms with Gasteiger partial charge >= 0.3 is 0 Å². The van der Waals surface area contributed by atoms with E-state index >= 15 is 0 Å². The molecule has 1 amide bonds. The minimum Gasteiger partial charge on any atom is -0.352 e. The van der Waals surface area contributed by atoms with E-state index < -0.39 is 0 Å². The number of nitrogens with zero attached hydrogens (tertiary/aromatic N) is 2. The average molecular weight is 369 g/mol. The van der Waals surface area contributed by atoms with Crippen molar-refractivity contribution in [1.82, 2.24) is 14.9 Å². The molecule has 1 aromatic heterocycles. The van der Waals surface area contributed by atoms with E-state index in [1.165, 1.54) is 11.1 Å². The lowest BCUT2D eigenvalue weighted by molar-refractivity contribution is -0.120. The van der Waals surface area contributed by atoms with Gasteiger partial charge in [0.25, 0.3) is 0 Å². The first-order valence-electron chi connectivity index (χ1n) is 9.47. The zero-order valence-corrected chi connectivity index (χ0v) is 15.9. The molecule has 28 heavy (non-hydrogen) atoms. The Balaban J connectivity index is 1.39. The van der Waals surface area contributed by atoms with Gasteiger partial charge in [-0.15, -0.1) is 0 Å². The summed E-state index contributed by atoms with van der Waals surface area (Å²) in [5, 5.41) is 3.02. The summed E-state index contributed by atoms with van der Waals surface area (Å²) < 4.78 is 2.14. The van der Waals surface area contributed by atoms with Gasteiger partial charge in [-0.3, -0.25) is 4.79 Å². The summed E-state index contributed by atoms with van der Waals surface area (Å²) in [4.78, 5) is 16.7. The molecule has 0 aliphatic heterocycles. The van der Waals surface area contributed by atoms with Gasteiger partial charge < -0.3 is 9.88 Å². The van der Waals surface area contributed by atoms with Crippen molar-refractivity contribution >= 4 is 16.9 Å². The summed E-state index contributed by atoms with van der Waals surface area (Å²) in [6.45, 7) is 3.32. The Labute approximate surface area is 164 Å². The van der Waals surface area contributed by atoms with Gasteiger partial charge in [-0.1, -0.05) is 66.2 Å². The van der Waals surface area contributed by atoms with Crippen LogP contribution >= 0.6 is 0 Å². The molecule has 140 valence electrons. The number of carbonyl (C=O) groups is 1. The number of nitrogens with one attached hydrogen (secondary N) is 1. The first-order valence-corrected chi connectivity index (χ1v) is 9.47. The molecule has 3 aromatic carbocycles. The van der Waals surface area contributed by atoms with Gasteiger partial charge in [-0.25, -0.2) is 4.98 Å². The number of benzene rings is 3. The number of carbonyl (C=O) groups excluding carboxylic acids is 1. The summed E-state index contributed by atoms with van der Waals surface area (Å²) in [5.41, 5.74) is 6.62. The topological polar surface area (TPSA) is 46.9 Å². The third kappa shape index (κ3) is 4.29. The van der Waals surface area contributed by atoms with Crippen LogP contribution in [-0.2, 0) is 24.3 Å². The third-order valence-electron chi connectivity index (χ3n) is 4.81. The molecular formula is C24H23N3O. The number of aromatic nitrogens is 2. The van der Waals surface area contributed by atoms with E-state index in [2.05, 4.69) is 39.1 Å². The van der Waals surface area contributed by atoms with E-state index in [9.17, 15) is 4.79 Å². The lowest BCUT2D eigenvalue weighted by Crippen LogP contribution is -2.24. The highest BCUT2D eigenvalue weighted by Crippen LogP contribution is 2.15. The number of fused-ring (bicyclic) bond motifs is 1. The van der Waals surface area contributed by atoms with Crippen LogP contribution in [0.3, 0.4) is 0 Å². The molecule has 4 rings (SSSR count). The van der Waals surface area contributed by atoms with Gasteiger partial charge in [0.15, 0.2) is 0 Å². The van der Waals surface area contributed by atoms with Crippen LogP contribution in [0.15, 0.2) is 79.1 Å². The zero-order valence-electron chi connectivity index (χ0n) is 15.9. The number of aryl methyl sites for hydroxylation is 1. The van der Waals surface area contributed by atoms with Crippen LogP contribution in [0.5, 0.6) is 0 Å². The number of imidazole rings is 1. The van der Waals surface area contributed by atoms with Crippen molar-refractivity contribution in [1.29, 1.82) is 0 Å². The normalized spacial score (nSPS) is 10.9. The highest BCUT2D eigenvalue weighted by molar-refractivity contribution is 5.78. The molecule has 0 unspecified atom stereocenters. The monoisotopic (exact) mass is 369 g/mol. The fourth-order valence-corrected chi connectivity index (χ4v) is 3.44. The summed E-state index contributed by atoms with van der Waals surface area (Å²) in [6.07, 6.45) is 2.28. The summed E-state index contributed by atoms with van der Waals surface area (Å²) in [7, 11) is 0. The molecule has 0 spiro atoms. The fraction of sp³-hybridized carbons (Fsp3) is 0.167. The fourth-order valence-electron chi connectivity index (χ4n) is 3.44. The quantitative estimate of drug-likeness (QED) is 0.552. The maximum absolute atomic E-state index is 12.3. The van der Waals surface area contributed by atoms with Crippen molar-refractivity contribution in [2.24, 2.45) is 0 Å². The molecule has 0 aliphatic carbocycles. The van der Waals surface area contributed by atoms with Crippen LogP contribution < -0.4 is 5.32 Å². The number of amides is 1. The molecule has 1 heterocycles. The van der Waals surface area contributed by atoms with Crippen LogP contribution in [0, 0.1) is 6.92 Å². The Bertz CT molecular complexity index is 1110. The maximum Gasteiger partial charge on any atom is 0.224 e. The van der Waals surface area contributed by atoms with E-state index in [1.807, 2.05) is 61.8 Å². The van der Waals surface area contributed by atoms with Gasteiger partial charge in [0.2, 0.25) is 5.91 Å². The van der Waals surface area contributed by atoms with Crippen LogP contribution in [-0.4, -0.2) is 15.5 Å². The number of rotatable bonds is 6. The third-order valence-corrected chi connectivity index (χ3v) is 4.81. The van der Waals surface area contributed by atoms with E-state index in [0.29, 0.717) is 13.0 Å². The summed E-state index contributed by atoms with van der Waals surface area (Å²) in [5.74, 6) is 0.0385. The highest BCUT2D eigenvalue weighted by Gasteiger charge is 2.06. The first-order chi connectivity index (χ1) is 13.7. The molecule has 4 nitrogen and oxygen atoms in total. The molecule has 0 saturated carbocycles.